The zero-order valence-corrected chi connectivity index (χ0v) is 39.6. The first-order valence-electron chi connectivity index (χ1n) is 28.3. The maximum atomic E-state index is 9.01. The average Bonchev–Trinajstić information content (AvgIpc) is 4.05. The number of aromatic nitrogens is 2. The Morgan fingerprint density at radius 1 is 0.536 bits per heavy atom. The van der Waals surface area contributed by atoms with E-state index in [2.05, 4.69) is 123 Å². The first kappa shape index (κ1) is 33.6. The number of aryl methyl sites for hydroxylation is 2. The molecule has 0 N–H and O–H groups in total. The SMILES string of the molecule is [2H]c1c([2H])c([2H])c2c(c1[2H])c1ccc(Oc3cccc(N4CN(c5c(-c6ccc(-c7ccccc7C([2H])([2H])[2H])cc6)cccc5-c5cc(C(C)(C)C)cc(C(C)(C)C)c5)c5ccccc54)c3)cc1n2-c1cc(C([2H])([2H])[2H])ccn1. The fraction of sp³-hybridized carbons (Fsp3) is 0.172. The third-order valence-corrected chi connectivity index (χ3v) is 13.2. The highest BCUT2D eigenvalue weighted by molar-refractivity contribution is 6.09. The molecule has 10 aromatic rings. The molecule has 3 heterocycles. The Hall–Kier alpha value is -7.89. The van der Waals surface area contributed by atoms with Crippen LogP contribution in [0.2, 0.25) is 0 Å². The molecule has 0 unspecified atom stereocenters. The van der Waals surface area contributed by atoms with Crippen molar-refractivity contribution in [3.05, 3.63) is 216 Å². The van der Waals surface area contributed by atoms with Gasteiger partial charge >= 0.3 is 0 Å². The Bertz CT molecular complexity index is 4000. The molecule has 69 heavy (non-hydrogen) atoms. The first-order valence-corrected chi connectivity index (χ1v) is 23.3. The van der Waals surface area contributed by atoms with Crippen LogP contribution in [0.25, 0.3) is 61.0 Å². The van der Waals surface area contributed by atoms with Gasteiger partial charge in [0, 0.05) is 54.1 Å². The minimum atomic E-state index is -2.45. The summed E-state index contributed by atoms with van der Waals surface area (Å²) >= 11 is 0. The third-order valence-electron chi connectivity index (χ3n) is 13.2. The third kappa shape index (κ3) is 8.12. The molecule has 0 fully saturated rings. The highest BCUT2D eigenvalue weighted by Gasteiger charge is 2.32. The van der Waals surface area contributed by atoms with E-state index < -0.39 is 19.7 Å². The summed E-state index contributed by atoms with van der Waals surface area (Å²) in [4.78, 5) is 9.16. The summed E-state index contributed by atoms with van der Waals surface area (Å²) in [6, 6.07) is 51.8. The molecule has 1 aliphatic rings. The quantitative estimate of drug-likeness (QED) is 0.152. The molecule has 11 rings (SSSR count). The molecular weight excluding hydrogens is 841 g/mol. The van der Waals surface area contributed by atoms with E-state index in [1.165, 1.54) is 29.5 Å². The van der Waals surface area contributed by atoms with Gasteiger partial charge in [0.15, 0.2) is 0 Å². The molecule has 2 aromatic heterocycles. The zero-order valence-electron chi connectivity index (χ0n) is 49.6. The largest absolute Gasteiger partial charge is 0.457 e. The van der Waals surface area contributed by atoms with Crippen LogP contribution in [0.5, 0.6) is 11.5 Å². The van der Waals surface area contributed by atoms with E-state index in [1.54, 1.807) is 34.9 Å². The Kier molecular flexibility index (Phi) is 8.28. The molecule has 8 aromatic carbocycles. The van der Waals surface area contributed by atoms with Crippen LogP contribution in [0, 0.1) is 13.7 Å². The number of pyridine rings is 1. The van der Waals surface area contributed by atoms with E-state index in [1.807, 2.05) is 54.6 Å². The van der Waals surface area contributed by atoms with Crippen LogP contribution in [0.1, 0.15) is 77.5 Å². The molecule has 0 spiro atoms. The topological polar surface area (TPSA) is 33.5 Å². The minimum absolute atomic E-state index is 0.0362. The van der Waals surface area contributed by atoms with Gasteiger partial charge in [-0.2, -0.15) is 0 Å². The van der Waals surface area contributed by atoms with Crippen LogP contribution in [-0.4, -0.2) is 16.2 Å². The van der Waals surface area contributed by atoms with Crippen LogP contribution in [0.4, 0.5) is 22.7 Å². The smallest absolute Gasteiger partial charge is 0.137 e. The lowest BCUT2D eigenvalue weighted by Gasteiger charge is -2.29. The molecule has 0 radical (unpaired) electrons. The monoisotopic (exact) mass is 909 g/mol. The molecule has 0 bridgehead atoms. The number of para-hydroxylation sites is 4. The van der Waals surface area contributed by atoms with Gasteiger partial charge in [-0.25, -0.2) is 4.98 Å². The first-order chi connectivity index (χ1) is 37.4. The van der Waals surface area contributed by atoms with Crippen LogP contribution < -0.4 is 14.5 Å². The summed E-state index contributed by atoms with van der Waals surface area (Å²) in [6.45, 7) is 9.19. The van der Waals surface area contributed by atoms with Gasteiger partial charge in [0.2, 0.25) is 0 Å². The number of hydrogen-bond acceptors (Lipinski definition) is 4. The molecule has 0 aliphatic carbocycles. The van der Waals surface area contributed by atoms with Crippen LogP contribution in [0.3, 0.4) is 0 Å². The van der Waals surface area contributed by atoms with Crippen molar-refractivity contribution in [2.24, 2.45) is 0 Å². The molecular formula is C64H58N4O. The van der Waals surface area contributed by atoms with Crippen LogP contribution >= 0.6 is 0 Å². The van der Waals surface area contributed by atoms with Gasteiger partial charge in [0.05, 0.1) is 33.6 Å². The summed E-state index contributed by atoms with van der Waals surface area (Å²) in [5.74, 6) is 1.13. The fourth-order valence-electron chi connectivity index (χ4n) is 9.53. The second kappa shape index (κ2) is 17.0. The number of fused-ring (bicyclic) bond motifs is 4. The molecule has 0 saturated carbocycles. The predicted molar refractivity (Wildman–Crippen MR) is 290 cm³/mol. The summed E-state index contributed by atoms with van der Waals surface area (Å²) in [5, 5.41) is 0.801. The van der Waals surface area contributed by atoms with E-state index in [-0.39, 0.29) is 51.2 Å². The molecule has 5 heteroatoms. The average molecular weight is 909 g/mol. The molecule has 0 atom stereocenters. The van der Waals surface area contributed by atoms with Gasteiger partial charge in [0.25, 0.3) is 0 Å². The van der Waals surface area contributed by atoms with Crippen molar-refractivity contribution in [2.45, 2.75) is 66.1 Å². The van der Waals surface area contributed by atoms with Crippen molar-refractivity contribution in [2.75, 3.05) is 16.5 Å². The Balaban J connectivity index is 1.02. The number of rotatable bonds is 8. The van der Waals surface area contributed by atoms with Crippen molar-refractivity contribution in [1.82, 2.24) is 9.55 Å². The second-order valence-electron chi connectivity index (χ2n) is 19.9. The minimum Gasteiger partial charge on any atom is -0.457 e. The van der Waals surface area contributed by atoms with Gasteiger partial charge in [-0.1, -0.05) is 163 Å². The van der Waals surface area contributed by atoms with Crippen molar-refractivity contribution in [3.8, 4) is 50.7 Å². The van der Waals surface area contributed by atoms with Crippen molar-refractivity contribution in [3.63, 3.8) is 0 Å². The van der Waals surface area contributed by atoms with E-state index in [9.17, 15) is 0 Å². The molecule has 340 valence electrons. The van der Waals surface area contributed by atoms with Crippen molar-refractivity contribution >= 4 is 44.6 Å². The van der Waals surface area contributed by atoms with Gasteiger partial charge in [-0.05, 0) is 124 Å². The zero-order chi connectivity index (χ0) is 56.1. The Labute approximate surface area is 421 Å². The van der Waals surface area contributed by atoms with Gasteiger partial charge in [-0.3, -0.25) is 4.57 Å². The normalized spacial score (nSPS) is 15.3. The predicted octanol–water partition coefficient (Wildman–Crippen LogP) is 17.4. The molecule has 0 amide bonds. The lowest BCUT2D eigenvalue weighted by molar-refractivity contribution is 0.483. The van der Waals surface area contributed by atoms with Crippen molar-refractivity contribution in [1.29, 1.82) is 0 Å². The van der Waals surface area contributed by atoms with Gasteiger partial charge in [-0.15, -0.1) is 0 Å². The highest BCUT2D eigenvalue weighted by Crippen LogP contribution is 2.51. The van der Waals surface area contributed by atoms with Gasteiger partial charge < -0.3 is 14.5 Å². The van der Waals surface area contributed by atoms with E-state index in [0.717, 1.165) is 50.6 Å². The van der Waals surface area contributed by atoms with E-state index in [0.29, 0.717) is 40.2 Å². The van der Waals surface area contributed by atoms with Crippen molar-refractivity contribution < 1.29 is 18.4 Å². The number of ether oxygens (including phenoxy) is 1. The highest BCUT2D eigenvalue weighted by atomic mass is 16.5. The summed E-state index contributed by atoms with van der Waals surface area (Å²) < 4.78 is 92.5. The number of benzene rings is 8. The number of nitrogens with zero attached hydrogens (tertiary/aromatic N) is 4. The summed E-state index contributed by atoms with van der Waals surface area (Å²) in [6.07, 6.45) is 1.39. The molecule has 1 aliphatic heterocycles. The fourth-order valence-corrected chi connectivity index (χ4v) is 9.53. The van der Waals surface area contributed by atoms with E-state index in [4.69, 9.17) is 18.4 Å². The lowest BCUT2D eigenvalue weighted by atomic mass is 9.78. The maximum Gasteiger partial charge on any atom is 0.137 e. The summed E-state index contributed by atoms with van der Waals surface area (Å²) in [5.41, 5.74) is 12.6. The maximum absolute atomic E-state index is 9.01. The summed E-state index contributed by atoms with van der Waals surface area (Å²) in [7, 11) is 0. The Morgan fingerprint density at radius 3 is 1.93 bits per heavy atom. The standard InChI is InChI=1S/C64H58N4O/c1-42-33-34-65-61(35-42)68-57-24-12-11-21-55(57)56-32-31-51(40-60(56)68)69-50-19-15-18-49(39-50)66-41-67(59-26-14-13-25-58(59)66)62-53(45-29-27-44(28-30-45)52-20-10-9-17-43(52)2)22-16-23-54(62)46-36-47(63(3,4)5)38-48(37-46)64(6,7)8/h9-40H,41H2,1-8H3/i1D3,2D3,11D,12D,21D,24D. The van der Waals surface area contributed by atoms with Crippen LogP contribution in [0.15, 0.2) is 194 Å². The Morgan fingerprint density at radius 2 is 1.19 bits per heavy atom. The number of hydrogen-bond donors (Lipinski definition) is 0. The number of anilines is 4. The second-order valence-corrected chi connectivity index (χ2v) is 19.9. The molecule has 0 saturated heterocycles. The van der Waals surface area contributed by atoms with Gasteiger partial charge in [0.1, 0.15) is 24.0 Å². The van der Waals surface area contributed by atoms with Crippen LogP contribution in [-0.2, 0) is 10.8 Å². The molecule has 5 nitrogen and oxygen atoms in total. The lowest BCUT2D eigenvalue weighted by Crippen LogP contribution is -2.25. The van der Waals surface area contributed by atoms with E-state index >= 15 is 0 Å².